The van der Waals surface area contributed by atoms with Crippen LogP contribution in [-0.2, 0) is 19.3 Å². The Hall–Kier alpha value is -1.13. The molecule has 3 aromatic rings. The number of hydrogen-bond acceptors (Lipinski definition) is 2. The minimum Gasteiger partial charge on any atom is -0.347 e. The largest absolute Gasteiger partial charge is 0.347 e. The molecule has 1 aliphatic heterocycles. The normalized spacial score (nSPS) is 15.5. The summed E-state index contributed by atoms with van der Waals surface area (Å²) in [5, 5.41) is 2.82. The maximum absolute atomic E-state index is 6.39. The van der Waals surface area contributed by atoms with E-state index < -0.39 is 0 Å². The summed E-state index contributed by atoms with van der Waals surface area (Å²) in [5.41, 5.74) is 4.11. The fraction of sp³-hybridized carbons (Fsp3) is 0.364. The smallest absolute Gasteiger partial charge is 0.0557 e. The van der Waals surface area contributed by atoms with Gasteiger partial charge in [0.15, 0.2) is 0 Å². The first-order valence-electron chi connectivity index (χ1n) is 9.49. The summed E-state index contributed by atoms with van der Waals surface area (Å²) >= 11 is 14.5. The van der Waals surface area contributed by atoms with Gasteiger partial charge in [-0.2, -0.15) is 0 Å². The van der Waals surface area contributed by atoms with Crippen LogP contribution in [0.5, 0.6) is 0 Å². The highest BCUT2D eigenvalue weighted by atomic mass is 35.5. The highest BCUT2D eigenvalue weighted by Gasteiger charge is 2.19. The predicted octanol–water partition coefficient (Wildman–Crippen LogP) is 6.76. The molecule has 5 heteroatoms. The zero-order valence-corrected chi connectivity index (χ0v) is 17.9. The summed E-state index contributed by atoms with van der Waals surface area (Å²) in [4.78, 5) is 3.57. The van der Waals surface area contributed by atoms with E-state index in [4.69, 9.17) is 23.2 Å². The van der Waals surface area contributed by atoms with Gasteiger partial charge in [-0.3, -0.25) is 4.90 Å². The zero-order valence-electron chi connectivity index (χ0n) is 15.5. The topological polar surface area (TPSA) is 8.17 Å². The van der Waals surface area contributed by atoms with Crippen LogP contribution in [0.25, 0.3) is 10.9 Å². The number of fused-ring (bicyclic) bond motifs is 1. The van der Waals surface area contributed by atoms with E-state index in [-0.39, 0.29) is 0 Å². The SMILES string of the molecule is Cn1c(CSc2c(Cl)cccc2Cl)c(CN2CCCCC2)c2ccccc21. The first-order valence-corrected chi connectivity index (χ1v) is 11.2. The van der Waals surface area contributed by atoms with Crippen molar-refractivity contribution >= 4 is 45.9 Å². The molecular weight excluding hydrogens is 395 g/mol. The number of hydrogen-bond donors (Lipinski definition) is 0. The van der Waals surface area contributed by atoms with Crippen molar-refractivity contribution in [1.82, 2.24) is 9.47 Å². The van der Waals surface area contributed by atoms with Gasteiger partial charge in [0.2, 0.25) is 0 Å². The molecule has 1 aliphatic rings. The molecule has 0 aliphatic carbocycles. The Morgan fingerprint density at radius 3 is 2.37 bits per heavy atom. The van der Waals surface area contributed by atoms with Crippen molar-refractivity contribution in [2.45, 2.75) is 36.5 Å². The van der Waals surface area contributed by atoms with E-state index in [0.717, 1.165) is 27.2 Å². The second-order valence-corrected chi connectivity index (χ2v) is 8.98. The van der Waals surface area contributed by atoms with Crippen LogP contribution in [0.4, 0.5) is 0 Å². The van der Waals surface area contributed by atoms with Crippen LogP contribution in [0.15, 0.2) is 47.4 Å². The predicted molar refractivity (Wildman–Crippen MR) is 118 cm³/mol. The van der Waals surface area contributed by atoms with Gasteiger partial charge in [-0.15, -0.1) is 11.8 Å². The monoisotopic (exact) mass is 418 g/mol. The Labute approximate surface area is 175 Å². The number of thioether (sulfide) groups is 1. The summed E-state index contributed by atoms with van der Waals surface area (Å²) in [5.74, 6) is 0.859. The van der Waals surface area contributed by atoms with Gasteiger partial charge in [-0.1, -0.05) is 53.9 Å². The molecule has 0 bridgehead atoms. The number of rotatable bonds is 5. The second-order valence-electron chi connectivity index (χ2n) is 7.18. The molecular formula is C22H24Cl2N2S. The van der Waals surface area contributed by atoms with E-state index in [1.807, 2.05) is 18.2 Å². The third-order valence-electron chi connectivity index (χ3n) is 5.45. The van der Waals surface area contributed by atoms with Gasteiger partial charge < -0.3 is 4.57 Å². The number of nitrogens with zero attached hydrogens (tertiary/aromatic N) is 2. The molecule has 0 saturated carbocycles. The van der Waals surface area contributed by atoms with Gasteiger partial charge in [0.05, 0.1) is 10.0 Å². The maximum Gasteiger partial charge on any atom is 0.0557 e. The molecule has 1 aromatic heterocycles. The second kappa shape index (κ2) is 8.48. The average molecular weight is 419 g/mol. The average Bonchev–Trinajstić information content (AvgIpc) is 2.94. The molecule has 1 saturated heterocycles. The third kappa shape index (κ3) is 4.02. The summed E-state index contributed by atoms with van der Waals surface area (Å²) in [6.07, 6.45) is 3.98. The van der Waals surface area contributed by atoms with E-state index in [2.05, 4.69) is 40.8 Å². The molecule has 2 aromatic carbocycles. The number of piperidine rings is 1. The quantitative estimate of drug-likeness (QED) is 0.422. The fourth-order valence-corrected chi connectivity index (χ4v) is 5.77. The van der Waals surface area contributed by atoms with Crippen molar-refractivity contribution in [2.75, 3.05) is 13.1 Å². The standard InChI is InChI=1S/C22H24Cl2N2S/c1-25-20-11-4-3-8-16(20)17(14-26-12-5-2-6-13-26)21(25)15-27-22-18(23)9-7-10-19(22)24/h3-4,7-11H,2,5-6,12-15H2,1H3. The molecule has 0 unspecified atom stereocenters. The van der Waals surface area contributed by atoms with Crippen molar-refractivity contribution in [3.8, 4) is 0 Å². The van der Waals surface area contributed by atoms with Crippen LogP contribution < -0.4 is 0 Å². The lowest BCUT2D eigenvalue weighted by molar-refractivity contribution is 0.221. The lowest BCUT2D eigenvalue weighted by atomic mass is 10.1. The van der Waals surface area contributed by atoms with Gasteiger partial charge in [0, 0.05) is 40.8 Å². The van der Waals surface area contributed by atoms with E-state index in [0.29, 0.717) is 0 Å². The van der Waals surface area contributed by atoms with E-state index >= 15 is 0 Å². The summed E-state index contributed by atoms with van der Waals surface area (Å²) in [6, 6.07) is 14.4. The van der Waals surface area contributed by atoms with Gasteiger partial charge in [0.25, 0.3) is 0 Å². The molecule has 27 heavy (non-hydrogen) atoms. The first kappa shape index (κ1) is 19.2. The van der Waals surface area contributed by atoms with Crippen LogP contribution in [0.3, 0.4) is 0 Å². The molecule has 4 rings (SSSR count). The number of aromatic nitrogens is 1. The van der Waals surface area contributed by atoms with Crippen molar-refractivity contribution < 1.29 is 0 Å². The highest BCUT2D eigenvalue weighted by molar-refractivity contribution is 7.98. The number of likely N-dealkylation sites (tertiary alicyclic amines) is 1. The van der Waals surface area contributed by atoms with Crippen molar-refractivity contribution in [2.24, 2.45) is 7.05 Å². The van der Waals surface area contributed by atoms with Crippen LogP contribution in [0.2, 0.25) is 10.0 Å². The Morgan fingerprint density at radius 1 is 0.926 bits per heavy atom. The van der Waals surface area contributed by atoms with Gasteiger partial charge in [-0.05, 0) is 49.7 Å². The lowest BCUT2D eigenvalue weighted by Gasteiger charge is -2.26. The lowest BCUT2D eigenvalue weighted by Crippen LogP contribution is -2.29. The number of halogens is 2. The maximum atomic E-state index is 6.39. The molecule has 0 N–H and O–H groups in total. The molecule has 2 nitrogen and oxygen atoms in total. The molecule has 0 radical (unpaired) electrons. The zero-order chi connectivity index (χ0) is 18.8. The van der Waals surface area contributed by atoms with E-state index in [1.165, 1.54) is 54.5 Å². The Kier molecular flexibility index (Phi) is 6.03. The summed E-state index contributed by atoms with van der Waals surface area (Å²) < 4.78 is 2.34. The summed E-state index contributed by atoms with van der Waals surface area (Å²) in [7, 11) is 2.17. The molecule has 1 fully saturated rings. The number of benzene rings is 2. The van der Waals surface area contributed by atoms with Crippen LogP contribution in [-0.4, -0.2) is 22.6 Å². The number of para-hydroxylation sites is 1. The molecule has 0 spiro atoms. The van der Waals surface area contributed by atoms with Gasteiger partial charge in [0.1, 0.15) is 0 Å². The third-order valence-corrected chi connectivity index (χ3v) is 7.45. The minimum absolute atomic E-state index is 0.726. The Balaban J connectivity index is 1.68. The van der Waals surface area contributed by atoms with Gasteiger partial charge in [-0.25, -0.2) is 0 Å². The Morgan fingerprint density at radius 2 is 1.63 bits per heavy atom. The number of aryl methyl sites for hydroxylation is 1. The molecule has 0 amide bonds. The van der Waals surface area contributed by atoms with E-state index in [1.54, 1.807) is 11.8 Å². The summed E-state index contributed by atoms with van der Waals surface area (Å²) in [6.45, 7) is 3.42. The van der Waals surface area contributed by atoms with Crippen molar-refractivity contribution in [1.29, 1.82) is 0 Å². The van der Waals surface area contributed by atoms with Gasteiger partial charge >= 0.3 is 0 Å². The van der Waals surface area contributed by atoms with Crippen LogP contribution >= 0.6 is 35.0 Å². The van der Waals surface area contributed by atoms with E-state index in [9.17, 15) is 0 Å². The first-order chi connectivity index (χ1) is 13.1. The fourth-order valence-electron chi connectivity index (χ4n) is 3.99. The van der Waals surface area contributed by atoms with Crippen LogP contribution in [0, 0.1) is 0 Å². The van der Waals surface area contributed by atoms with Crippen LogP contribution in [0.1, 0.15) is 30.5 Å². The molecule has 0 atom stereocenters. The van der Waals surface area contributed by atoms with Crippen molar-refractivity contribution in [3.63, 3.8) is 0 Å². The van der Waals surface area contributed by atoms with Crippen molar-refractivity contribution in [3.05, 3.63) is 63.8 Å². The minimum atomic E-state index is 0.726. The highest BCUT2D eigenvalue weighted by Crippen LogP contribution is 2.38. The molecule has 142 valence electrons. The molecule has 2 heterocycles. The Bertz CT molecular complexity index is 925.